The van der Waals surface area contributed by atoms with Gasteiger partial charge in [-0.3, -0.25) is 0 Å². The first-order valence-electron chi connectivity index (χ1n) is 14.4. The van der Waals surface area contributed by atoms with Gasteiger partial charge in [-0.2, -0.15) is 5.26 Å². The predicted octanol–water partition coefficient (Wildman–Crippen LogP) is 7.39. The van der Waals surface area contributed by atoms with Gasteiger partial charge < -0.3 is 9.69 Å². The first kappa shape index (κ1) is 23.6. The van der Waals surface area contributed by atoms with Crippen molar-refractivity contribution in [1.29, 1.82) is 5.26 Å². The lowest BCUT2D eigenvalue weighted by Gasteiger charge is -2.70. The number of anilines is 1. The monoisotopic (exact) mass is 472 g/mol. The zero-order chi connectivity index (χ0) is 24.6. The minimum atomic E-state index is 0.0277. The fraction of sp³-hybridized carbons (Fsp3) is 0.750. The third-order valence-corrected chi connectivity index (χ3v) is 12.8. The van der Waals surface area contributed by atoms with Crippen LogP contribution in [-0.4, -0.2) is 18.4 Å². The second kappa shape index (κ2) is 7.84. The Labute approximate surface area is 212 Å². The molecule has 0 aromatic heterocycles. The Hall–Kier alpha value is -1.82. The van der Waals surface area contributed by atoms with E-state index in [2.05, 4.69) is 50.8 Å². The topological polar surface area (TPSA) is 44.1 Å². The maximum Gasteiger partial charge on any atom is 0.126 e. The molecular formula is C32H44N2O. The SMILES string of the molecule is CC1(C)C2CC[C@@]3(C)C4CC[C@@]5(C=O)CCC[C@@H]5[C@H]4CCC3[C@@]2(C)CCN1c1ccc(C#N)cc1. The summed E-state index contributed by atoms with van der Waals surface area (Å²) in [6, 6.07) is 10.5. The lowest BCUT2D eigenvalue weighted by Crippen LogP contribution is -2.67. The molecule has 6 rings (SSSR count). The van der Waals surface area contributed by atoms with Crippen LogP contribution in [0.3, 0.4) is 0 Å². The van der Waals surface area contributed by atoms with Crippen molar-refractivity contribution in [2.75, 3.05) is 11.4 Å². The van der Waals surface area contributed by atoms with E-state index < -0.39 is 0 Å². The standard InChI is InChI=1S/C32H44N2O/c1-29(2)27-14-16-30(3)25-13-17-32(21-35)15-5-6-26(32)24(25)11-12-28(30)31(27,4)18-19-34(29)23-9-7-22(20-33)8-10-23/h7-10,21,24-28H,5-6,11-19H2,1-4H3/t24-,25?,26+,27?,28?,30-,31-,32+/m0/s1. The van der Waals surface area contributed by atoms with Crippen molar-refractivity contribution in [3.63, 3.8) is 0 Å². The number of carbonyl (C=O) groups is 1. The maximum absolute atomic E-state index is 12.3. The van der Waals surface area contributed by atoms with Crippen molar-refractivity contribution in [1.82, 2.24) is 0 Å². The first-order chi connectivity index (χ1) is 16.7. The van der Waals surface area contributed by atoms with E-state index in [4.69, 9.17) is 0 Å². The number of nitriles is 1. The van der Waals surface area contributed by atoms with Crippen LogP contribution < -0.4 is 4.90 Å². The molecule has 5 fully saturated rings. The Bertz CT molecular complexity index is 1040. The number of hydrogen-bond donors (Lipinski definition) is 0. The number of hydrogen-bond acceptors (Lipinski definition) is 3. The summed E-state index contributed by atoms with van der Waals surface area (Å²) >= 11 is 0. The molecule has 1 heterocycles. The second-order valence-corrected chi connectivity index (χ2v) is 14.1. The number of piperidine rings is 1. The average molecular weight is 473 g/mol. The number of aldehydes is 1. The molecule has 1 saturated heterocycles. The van der Waals surface area contributed by atoms with Crippen molar-refractivity contribution in [2.45, 2.75) is 97.4 Å². The number of carbonyl (C=O) groups excluding carboxylic acids is 1. The Morgan fingerprint density at radius 3 is 2.34 bits per heavy atom. The molecule has 1 aliphatic heterocycles. The van der Waals surface area contributed by atoms with Gasteiger partial charge in [0.1, 0.15) is 6.29 Å². The van der Waals surface area contributed by atoms with E-state index in [9.17, 15) is 10.1 Å². The summed E-state index contributed by atoms with van der Waals surface area (Å²) < 4.78 is 0. The van der Waals surface area contributed by atoms with E-state index in [1.54, 1.807) is 0 Å². The molecule has 3 nitrogen and oxygen atoms in total. The van der Waals surface area contributed by atoms with Gasteiger partial charge in [0, 0.05) is 23.2 Å². The summed E-state index contributed by atoms with van der Waals surface area (Å²) in [5, 5.41) is 9.24. The summed E-state index contributed by atoms with van der Waals surface area (Å²) in [5.74, 6) is 3.73. The van der Waals surface area contributed by atoms with Gasteiger partial charge in [0.2, 0.25) is 0 Å². The highest BCUT2D eigenvalue weighted by atomic mass is 16.1. The highest BCUT2D eigenvalue weighted by Crippen LogP contribution is 2.71. The van der Waals surface area contributed by atoms with E-state index >= 15 is 0 Å². The Balaban J connectivity index is 1.30. The van der Waals surface area contributed by atoms with Crippen molar-refractivity contribution in [3.8, 4) is 6.07 Å². The molecule has 0 N–H and O–H groups in total. The molecule has 0 bridgehead atoms. The molecule has 8 atom stereocenters. The third kappa shape index (κ3) is 3.10. The third-order valence-electron chi connectivity index (χ3n) is 12.8. The second-order valence-electron chi connectivity index (χ2n) is 14.1. The highest BCUT2D eigenvalue weighted by molar-refractivity contribution is 5.61. The molecule has 4 saturated carbocycles. The average Bonchev–Trinajstić information content (AvgIpc) is 3.29. The molecular weight excluding hydrogens is 428 g/mol. The molecule has 1 aromatic carbocycles. The molecule has 3 heteroatoms. The minimum absolute atomic E-state index is 0.0277. The van der Waals surface area contributed by atoms with Crippen molar-refractivity contribution in [3.05, 3.63) is 29.8 Å². The molecule has 35 heavy (non-hydrogen) atoms. The largest absolute Gasteiger partial charge is 0.366 e. The fourth-order valence-electron chi connectivity index (χ4n) is 11.4. The Kier molecular flexibility index (Phi) is 5.28. The van der Waals surface area contributed by atoms with Crippen LogP contribution in [0.2, 0.25) is 0 Å². The van der Waals surface area contributed by atoms with E-state index in [0.717, 1.165) is 42.7 Å². The van der Waals surface area contributed by atoms with E-state index in [0.29, 0.717) is 22.7 Å². The summed E-state index contributed by atoms with van der Waals surface area (Å²) in [4.78, 5) is 14.9. The van der Waals surface area contributed by atoms with Crippen molar-refractivity contribution >= 4 is 12.0 Å². The molecule has 5 aliphatic rings. The molecule has 0 spiro atoms. The van der Waals surface area contributed by atoms with Crippen LogP contribution in [0.25, 0.3) is 0 Å². The van der Waals surface area contributed by atoms with Crippen LogP contribution in [0.4, 0.5) is 5.69 Å². The maximum atomic E-state index is 12.3. The molecule has 3 unspecified atom stereocenters. The van der Waals surface area contributed by atoms with Gasteiger partial charge in [-0.25, -0.2) is 0 Å². The van der Waals surface area contributed by atoms with Crippen LogP contribution in [0.5, 0.6) is 0 Å². The van der Waals surface area contributed by atoms with Gasteiger partial charge in [-0.05, 0) is 136 Å². The lowest BCUT2D eigenvalue weighted by atomic mass is 9.38. The summed E-state index contributed by atoms with van der Waals surface area (Å²) in [5.41, 5.74) is 2.95. The van der Waals surface area contributed by atoms with Crippen LogP contribution in [0.1, 0.15) is 97.5 Å². The molecule has 0 radical (unpaired) electrons. The summed E-state index contributed by atoms with van der Waals surface area (Å²) in [6.45, 7) is 11.4. The van der Waals surface area contributed by atoms with Gasteiger partial charge >= 0.3 is 0 Å². The highest BCUT2D eigenvalue weighted by Gasteiger charge is 2.66. The van der Waals surface area contributed by atoms with Crippen molar-refractivity contribution < 1.29 is 4.79 Å². The number of fused-ring (bicyclic) bond motifs is 7. The van der Waals surface area contributed by atoms with Crippen LogP contribution >= 0.6 is 0 Å². The zero-order valence-electron chi connectivity index (χ0n) is 22.4. The summed E-state index contributed by atoms with van der Waals surface area (Å²) in [6.07, 6.45) is 14.2. The van der Waals surface area contributed by atoms with Gasteiger partial charge in [-0.1, -0.05) is 20.3 Å². The normalized spacial score (nSPS) is 45.9. The minimum Gasteiger partial charge on any atom is -0.366 e. The van der Waals surface area contributed by atoms with E-state index in [1.807, 2.05) is 12.1 Å². The van der Waals surface area contributed by atoms with E-state index in [1.165, 1.54) is 63.3 Å². The van der Waals surface area contributed by atoms with Gasteiger partial charge in [-0.15, -0.1) is 0 Å². The van der Waals surface area contributed by atoms with Gasteiger partial charge in [0.15, 0.2) is 0 Å². The fourth-order valence-corrected chi connectivity index (χ4v) is 11.4. The van der Waals surface area contributed by atoms with Crippen LogP contribution in [-0.2, 0) is 4.79 Å². The molecule has 0 amide bonds. The quantitative estimate of drug-likeness (QED) is 0.421. The lowest BCUT2D eigenvalue weighted by molar-refractivity contribution is -0.181. The van der Waals surface area contributed by atoms with E-state index in [-0.39, 0.29) is 11.0 Å². The van der Waals surface area contributed by atoms with Crippen molar-refractivity contribution in [2.24, 2.45) is 45.8 Å². The number of nitrogens with zero attached hydrogens (tertiary/aromatic N) is 2. The van der Waals surface area contributed by atoms with Crippen LogP contribution in [0, 0.1) is 57.2 Å². The number of rotatable bonds is 2. The smallest absolute Gasteiger partial charge is 0.126 e. The Morgan fingerprint density at radius 1 is 0.857 bits per heavy atom. The summed E-state index contributed by atoms with van der Waals surface area (Å²) in [7, 11) is 0. The molecule has 4 aliphatic carbocycles. The predicted molar refractivity (Wildman–Crippen MR) is 141 cm³/mol. The Morgan fingerprint density at radius 2 is 1.63 bits per heavy atom. The number of benzene rings is 1. The zero-order valence-corrected chi connectivity index (χ0v) is 22.4. The molecule has 188 valence electrons. The first-order valence-corrected chi connectivity index (χ1v) is 14.4. The van der Waals surface area contributed by atoms with Gasteiger partial charge in [0.05, 0.1) is 11.6 Å². The van der Waals surface area contributed by atoms with Crippen LogP contribution in [0.15, 0.2) is 24.3 Å². The molecule has 1 aromatic rings. The van der Waals surface area contributed by atoms with Gasteiger partial charge in [0.25, 0.3) is 0 Å².